The van der Waals surface area contributed by atoms with Gasteiger partial charge >= 0.3 is 0 Å². The molecule has 40 heavy (non-hydrogen) atoms. The molecule has 2 spiro atoms. The molecule has 5 heterocycles. The minimum atomic E-state index is -1.03. The van der Waals surface area contributed by atoms with Crippen LogP contribution in [0.3, 0.4) is 0 Å². The van der Waals surface area contributed by atoms with Crippen molar-refractivity contribution >= 4 is 0 Å². The minimum Gasteiger partial charge on any atom is -0.504 e. The number of nitrogens with zero attached hydrogens (tertiary/aromatic N) is 2. The molecule has 2 aliphatic carbocycles. The molecule has 2 aromatic carbocycles. The van der Waals surface area contributed by atoms with Crippen LogP contribution in [0.4, 0.5) is 0 Å². The van der Waals surface area contributed by atoms with E-state index in [9.17, 15) is 10.2 Å². The molecule has 8 atom stereocenters. The van der Waals surface area contributed by atoms with Crippen molar-refractivity contribution in [3.63, 3.8) is 0 Å². The Morgan fingerprint density at radius 1 is 0.875 bits per heavy atom. The van der Waals surface area contributed by atoms with Gasteiger partial charge in [-0.2, -0.15) is 0 Å². The number of hydrogen-bond acceptors (Lipinski definition) is 8. The van der Waals surface area contributed by atoms with Gasteiger partial charge in [0.25, 0.3) is 0 Å². The van der Waals surface area contributed by atoms with Gasteiger partial charge < -0.3 is 29.2 Å². The molecule has 1 saturated carbocycles. The van der Waals surface area contributed by atoms with Gasteiger partial charge in [0.1, 0.15) is 41.6 Å². The van der Waals surface area contributed by atoms with Crippen LogP contribution in [0.1, 0.15) is 63.6 Å². The topological polar surface area (TPSA) is 83.9 Å². The number of aliphatic hydroxyl groups is 1. The van der Waals surface area contributed by atoms with Gasteiger partial charge in [0.05, 0.1) is 11.0 Å². The van der Waals surface area contributed by atoms with Crippen LogP contribution in [0.15, 0.2) is 42.5 Å². The Kier molecular flexibility index (Phi) is 4.41. The molecular weight excluding hydrogens is 508 g/mol. The fourth-order valence-corrected chi connectivity index (χ4v) is 9.91. The van der Waals surface area contributed by atoms with Crippen molar-refractivity contribution in [2.75, 3.05) is 6.54 Å². The van der Waals surface area contributed by atoms with Gasteiger partial charge in [-0.3, -0.25) is 4.90 Å². The monoisotopic (exact) mass is 546 g/mol. The summed E-state index contributed by atoms with van der Waals surface area (Å²) in [6, 6.07) is 14.3. The Morgan fingerprint density at radius 2 is 1.60 bits per heavy atom. The number of phenols is 1. The van der Waals surface area contributed by atoms with Gasteiger partial charge in [0.15, 0.2) is 11.5 Å². The van der Waals surface area contributed by atoms with Crippen molar-refractivity contribution in [3.8, 4) is 11.5 Å². The third-order valence-electron chi connectivity index (χ3n) is 11.5. The number of fused-ring (bicyclic) bond motifs is 2. The van der Waals surface area contributed by atoms with Crippen LogP contribution >= 0.6 is 0 Å². The average molecular weight is 547 g/mol. The zero-order valence-corrected chi connectivity index (χ0v) is 23.6. The maximum Gasteiger partial charge on any atom is 0.165 e. The van der Waals surface area contributed by atoms with Crippen molar-refractivity contribution in [3.05, 3.63) is 59.2 Å². The largest absolute Gasteiger partial charge is 0.504 e. The van der Waals surface area contributed by atoms with Crippen LogP contribution in [-0.4, -0.2) is 79.8 Å². The maximum absolute atomic E-state index is 13.0. The van der Waals surface area contributed by atoms with E-state index in [1.54, 1.807) is 6.07 Å². The number of hydrogen-bond donors (Lipinski definition) is 2. The molecular formula is C32H38N2O6. The van der Waals surface area contributed by atoms with Gasteiger partial charge in [0, 0.05) is 24.7 Å². The molecule has 0 unspecified atom stereocenters. The molecule has 8 nitrogen and oxygen atoms in total. The van der Waals surface area contributed by atoms with E-state index in [2.05, 4.69) is 61.8 Å². The lowest BCUT2D eigenvalue weighted by Crippen LogP contribution is -2.80. The average Bonchev–Trinajstić information content (AvgIpc) is 3.58. The predicted molar refractivity (Wildman–Crippen MR) is 145 cm³/mol. The second-order valence-electron chi connectivity index (χ2n) is 14.3. The standard InChI is InChI=1S/C32H38N2O6/c1-28(2)25-34-26(29(3,4)38-25)40-31(27(34)39-28)12-13-32(36)21-16-19-10-11-20(35)23-22(19)30(32,24(31)37-23)14-15-33(21)17-18-8-6-5-7-9-18/h5-11,21,24-27,35-36H,12-17H2,1-4H3/t21-,24-,25-,26-,27-,30+,31+,32-/m1/s1. The lowest BCUT2D eigenvalue weighted by molar-refractivity contribution is -0.267. The predicted octanol–water partition coefficient (Wildman–Crippen LogP) is 3.41. The Balaban J connectivity index is 1.21. The molecule has 212 valence electrons. The lowest BCUT2D eigenvalue weighted by Gasteiger charge is -2.66. The first-order chi connectivity index (χ1) is 19.0. The fourth-order valence-electron chi connectivity index (χ4n) is 9.91. The van der Waals surface area contributed by atoms with E-state index in [0.29, 0.717) is 18.6 Å². The first-order valence-electron chi connectivity index (χ1n) is 14.9. The fraction of sp³-hybridized carbons (Fsp3) is 0.625. The second-order valence-corrected chi connectivity index (χ2v) is 14.3. The summed E-state index contributed by atoms with van der Waals surface area (Å²) in [5.74, 6) is 0.662. The summed E-state index contributed by atoms with van der Waals surface area (Å²) in [4.78, 5) is 4.75. The molecule has 5 aliphatic heterocycles. The highest BCUT2D eigenvalue weighted by molar-refractivity contribution is 5.63. The summed E-state index contributed by atoms with van der Waals surface area (Å²) < 4.78 is 27.4. The first kappa shape index (κ1) is 24.4. The van der Waals surface area contributed by atoms with Crippen molar-refractivity contribution in [2.24, 2.45) is 0 Å². The Hall–Kier alpha value is -2.20. The SMILES string of the molecule is CC1(C)O[C@H]2N3[C@@H]1O[C@]1(CC[C@@]4(O)[C@H]5Cc6ccc(O)c7c6[C@@]4(CCN5Cc4ccccc4)[C@H]1O7)[C@H]3OC2(C)C. The smallest absolute Gasteiger partial charge is 0.165 e. The molecule has 0 amide bonds. The van der Waals surface area contributed by atoms with Crippen molar-refractivity contribution in [2.45, 2.75) is 119 Å². The zero-order chi connectivity index (χ0) is 27.4. The van der Waals surface area contributed by atoms with Gasteiger partial charge in [-0.1, -0.05) is 36.4 Å². The van der Waals surface area contributed by atoms with Crippen LogP contribution in [0.5, 0.6) is 11.5 Å². The molecule has 2 N–H and O–H groups in total. The molecule has 2 aromatic rings. The quantitative estimate of drug-likeness (QED) is 0.593. The molecule has 8 heteroatoms. The van der Waals surface area contributed by atoms with Crippen molar-refractivity contribution in [1.82, 2.24) is 9.80 Å². The molecule has 0 radical (unpaired) electrons. The van der Waals surface area contributed by atoms with E-state index >= 15 is 0 Å². The Morgan fingerprint density at radius 3 is 2.38 bits per heavy atom. The van der Waals surface area contributed by atoms with Crippen molar-refractivity contribution < 1.29 is 29.2 Å². The normalized spacial score (nSPS) is 45.0. The van der Waals surface area contributed by atoms with E-state index in [1.165, 1.54) is 5.56 Å². The molecule has 0 aromatic heterocycles. The minimum absolute atomic E-state index is 0.0671. The summed E-state index contributed by atoms with van der Waals surface area (Å²) in [5, 5.41) is 24.1. The number of likely N-dealkylation sites (tertiary alicyclic amines) is 1. The number of benzene rings is 2. The number of rotatable bonds is 2. The highest BCUT2D eigenvalue weighted by Gasteiger charge is 2.83. The van der Waals surface area contributed by atoms with Crippen molar-refractivity contribution in [1.29, 1.82) is 0 Å². The van der Waals surface area contributed by atoms with Gasteiger partial charge in [-0.05, 0) is 70.6 Å². The van der Waals surface area contributed by atoms with Gasteiger partial charge in [-0.15, -0.1) is 0 Å². The molecule has 5 fully saturated rings. The maximum atomic E-state index is 13.0. The molecule has 9 rings (SSSR count). The molecule has 4 saturated heterocycles. The summed E-state index contributed by atoms with van der Waals surface area (Å²) in [6.07, 6.45) is 1.24. The first-order valence-corrected chi connectivity index (χ1v) is 14.9. The number of phenolic OH excluding ortho intramolecular Hbond substituents is 1. The number of aromatic hydroxyl groups is 1. The Labute approximate surface area is 234 Å². The van der Waals surface area contributed by atoms with Crippen LogP contribution in [0.2, 0.25) is 0 Å². The van der Waals surface area contributed by atoms with E-state index in [0.717, 1.165) is 37.1 Å². The third kappa shape index (κ3) is 2.57. The summed E-state index contributed by atoms with van der Waals surface area (Å²) >= 11 is 0. The van der Waals surface area contributed by atoms with E-state index in [-0.39, 0.29) is 30.5 Å². The summed E-state index contributed by atoms with van der Waals surface area (Å²) in [7, 11) is 0. The molecule has 2 bridgehead atoms. The highest BCUT2D eigenvalue weighted by atomic mass is 16.7. The zero-order valence-electron chi connectivity index (χ0n) is 23.6. The van der Waals surface area contributed by atoms with E-state index in [4.69, 9.17) is 18.9 Å². The lowest BCUT2D eigenvalue weighted by atomic mass is 9.46. The van der Waals surface area contributed by atoms with Crippen LogP contribution in [0, 0.1) is 0 Å². The molecule has 7 aliphatic rings. The van der Waals surface area contributed by atoms with Gasteiger partial charge in [0.2, 0.25) is 0 Å². The van der Waals surface area contributed by atoms with E-state index < -0.39 is 33.9 Å². The van der Waals surface area contributed by atoms with Gasteiger partial charge in [-0.25, -0.2) is 4.90 Å². The second kappa shape index (κ2) is 7.22. The van der Waals surface area contributed by atoms with E-state index in [1.807, 2.05) is 12.1 Å². The van der Waals surface area contributed by atoms with Crippen LogP contribution in [0.25, 0.3) is 0 Å². The third-order valence-corrected chi connectivity index (χ3v) is 11.5. The number of piperidine rings is 1. The number of ether oxygens (including phenoxy) is 4. The van der Waals surface area contributed by atoms with Crippen LogP contribution < -0.4 is 4.74 Å². The summed E-state index contributed by atoms with van der Waals surface area (Å²) in [6.45, 7) is 9.98. The van der Waals surface area contributed by atoms with Crippen LogP contribution in [-0.2, 0) is 32.6 Å². The highest BCUT2D eigenvalue weighted by Crippen LogP contribution is 2.70. The summed E-state index contributed by atoms with van der Waals surface area (Å²) in [5.41, 5.74) is -0.185. The Bertz CT molecular complexity index is 1430.